The number of amides is 1. The minimum atomic E-state index is -4.83. The number of nitrogens with zero attached hydrogens (tertiary/aromatic N) is 7. The van der Waals surface area contributed by atoms with Crippen LogP contribution in [0.25, 0.3) is 22.3 Å². The Bertz CT molecular complexity index is 1620. The van der Waals surface area contributed by atoms with E-state index < -0.39 is 35.1 Å². The van der Waals surface area contributed by atoms with Gasteiger partial charge in [-0.1, -0.05) is 6.58 Å². The van der Waals surface area contributed by atoms with Crippen LogP contribution in [0.5, 0.6) is 6.01 Å². The highest BCUT2D eigenvalue weighted by molar-refractivity contribution is 5.92. The first kappa shape index (κ1) is 33.2. The maximum atomic E-state index is 15.9. The van der Waals surface area contributed by atoms with E-state index in [1.165, 1.54) is 39.1 Å². The zero-order valence-electron chi connectivity index (χ0n) is 26.1. The molecule has 2 unspecified atom stereocenters. The number of alkyl halides is 4. The topological polar surface area (TPSA) is 114 Å². The van der Waals surface area contributed by atoms with Gasteiger partial charge in [0, 0.05) is 38.4 Å². The average molecular weight is 649 g/mol. The SMILES string of the molecule is C=CC(=O)N1CC[C@@H](N(C)c2nc(OC)nc3c(F)c(-c4nc(N)cc(C)c4C(F)(F)F)ncc23)[C@H]1C.FC1CC2CCCN2C1. The van der Waals surface area contributed by atoms with Crippen LogP contribution < -0.4 is 15.4 Å². The van der Waals surface area contributed by atoms with E-state index in [9.17, 15) is 22.4 Å². The number of carbonyl (C=O) groups excluding carboxylic acids is 1. The summed E-state index contributed by atoms with van der Waals surface area (Å²) in [6.07, 6.45) is 1.02. The van der Waals surface area contributed by atoms with Gasteiger partial charge in [0.2, 0.25) is 5.91 Å². The van der Waals surface area contributed by atoms with Gasteiger partial charge in [-0.15, -0.1) is 0 Å². The predicted octanol–water partition coefficient (Wildman–Crippen LogP) is 4.95. The highest BCUT2D eigenvalue weighted by Crippen LogP contribution is 2.41. The molecule has 0 spiro atoms. The number of likely N-dealkylation sites (N-methyl/N-ethyl adjacent to an activating group) is 1. The Balaban J connectivity index is 0.000000393. The molecular formula is C31H37F5N8O2. The first-order valence-corrected chi connectivity index (χ1v) is 15.0. The number of methoxy groups -OCH3 is 1. The number of nitrogen functional groups attached to an aromatic ring is 1. The van der Waals surface area contributed by atoms with Gasteiger partial charge in [0.1, 0.15) is 34.7 Å². The first-order chi connectivity index (χ1) is 21.7. The monoisotopic (exact) mass is 648 g/mol. The fourth-order valence-corrected chi connectivity index (χ4v) is 6.83. The van der Waals surface area contributed by atoms with Gasteiger partial charge in [-0.3, -0.25) is 14.7 Å². The summed E-state index contributed by atoms with van der Waals surface area (Å²) in [6, 6.07) is 1.05. The molecule has 3 fully saturated rings. The van der Waals surface area contributed by atoms with Crippen molar-refractivity contribution >= 4 is 28.4 Å². The van der Waals surface area contributed by atoms with E-state index >= 15 is 4.39 Å². The number of nitrogens with two attached hydrogens (primary N) is 1. The van der Waals surface area contributed by atoms with E-state index in [2.05, 4.69) is 31.4 Å². The summed E-state index contributed by atoms with van der Waals surface area (Å²) < 4.78 is 75.2. The largest absolute Gasteiger partial charge is 0.467 e. The van der Waals surface area contributed by atoms with Gasteiger partial charge in [0.05, 0.1) is 24.1 Å². The summed E-state index contributed by atoms with van der Waals surface area (Å²) in [4.78, 5) is 34.1. The van der Waals surface area contributed by atoms with E-state index in [0.717, 1.165) is 19.0 Å². The van der Waals surface area contributed by atoms with Gasteiger partial charge < -0.3 is 20.3 Å². The van der Waals surface area contributed by atoms with Crippen molar-refractivity contribution in [3.8, 4) is 17.4 Å². The molecule has 46 heavy (non-hydrogen) atoms. The molecule has 2 N–H and O–H groups in total. The number of aromatic nitrogens is 4. The number of likely N-dealkylation sites (tertiary alicyclic amines) is 1. The summed E-state index contributed by atoms with van der Waals surface area (Å²) in [6.45, 7) is 8.96. The molecular weight excluding hydrogens is 611 g/mol. The van der Waals surface area contributed by atoms with Crippen molar-refractivity contribution in [2.24, 2.45) is 0 Å². The Hall–Kier alpha value is -4.14. The number of fused-ring (bicyclic) bond motifs is 2. The summed E-state index contributed by atoms with van der Waals surface area (Å²) >= 11 is 0. The van der Waals surface area contributed by atoms with Crippen LogP contribution in [0.15, 0.2) is 24.9 Å². The fraction of sp³-hybridized carbons (Fsp3) is 0.516. The molecule has 4 atom stereocenters. The number of aryl methyl sites for hydroxylation is 1. The summed E-state index contributed by atoms with van der Waals surface area (Å²) in [5, 5.41) is 0.152. The number of anilines is 2. The lowest BCUT2D eigenvalue weighted by Crippen LogP contribution is -2.43. The molecule has 0 aliphatic carbocycles. The lowest BCUT2D eigenvalue weighted by Gasteiger charge is -2.31. The number of carbonyl (C=O) groups is 1. The lowest BCUT2D eigenvalue weighted by atomic mass is 10.0. The second kappa shape index (κ2) is 12.9. The Morgan fingerprint density at radius 3 is 2.59 bits per heavy atom. The van der Waals surface area contributed by atoms with Crippen molar-refractivity contribution in [1.29, 1.82) is 0 Å². The van der Waals surface area contributed by atoms with Crippen molar-refractivity contribution in [2.45, 2.75) is 70.0 Å². The van der Waals surface area contributed by atoms with Crippen molar-refractivity contribution in [2.75, 3.05) is 44.4 Å². The smallest absolute Gasteiger partial charge is 0.418 e. The third-order valence-corrected chi connectivity index (χ3v) is 9.03. The van der Waals surface area contributed by atoms with E-state index in [1.54, 1.807) is 16.8 Å². The van der Waals surface area contributed by atoms with Gasteiger partial charge in [-0.25, -0.2) is 13.8 Å². The molecule has 3 aliphatic rings. The number of halogens is 5. The molecule has 3 aliphatic heterocycles. The molecule has 15 heteroatoms. The Morgan fingerprint density at radius 2 is 1.93 bits per heavy atom. The molecule has 3 aromatic rings. The molecule has 0 radical (unpaired) electrons. The highest BCUT2D eigenvalue weighted by atomic mass is 19.4. The molecule has 1 amide bonds. The van der Waals surface area contributed by atoms with E-state index in [0.29, 0.717) is 25.6 Å². The van der Waals surface area contributed by atoms with Gasteiger partial charge in [-0.05, 0) is 63.8 Å². The van der Waals surface area contributed by atoms with Crippen LogP contribution >= 0.6 is 0 Å². The number of pyridine rings is 2. The highest BCUT2D eigenvalue weighted by Gasteiger charge is 2.40. The van der Waals surface area contributed by atoms with E-state index in [4.69, 9.17) is 10.5 Å². The van der Waals surface area contributed by atoms with Crippen LogP contribution in [-0.4, -0.2) is 93.7 Å². The van der Waals surface area contributed by atoms with Gasteiger partial charge in [0.15, 0.2) is 5.82 Å². The molecule has 10 nitrogen and oxygen atoms in total. The van der Waals surface area contributed by atoms with Crippen LogP contribution in [0.1, 0.15) is 43.7 Å². The molecule has 248 valence electrons. The second-order valence-electron chi connectivity index (χ2n) is 11.9. The third-order valence-electron chi connectivity index (χ3n) is 9.03. The minimum Gasteiger partial charge on any atom is -0.467 e. The van der Waals surface area contributed by atoms with Crippen LogP contribution in [-0.2, 0) is 11.0 Å². The summed E-state index contributed by atoms with van der Waals surface area (Å²) in [5.41, 5.74) is 2.65. The normalized spacial score (nSPS) is 22.8. The predicted molar refractivity (Wildman–Crippen MR) is 164 cm³/mol. The second-order valence-corrected chi connectivity index (χ2v) is 11.9. The van der Waals surface area contributed by atoms with Crippen molar-refractivity contribution in [1.82, 2.24) is 29.7 Å². The standard InChI is InChI=1S/C24H25F4N7O2.C7H12FN/c1-6-16(36)35-8-7-14(12(35)3)34(4)22-13-10-30-21(18(25)19(13)32-23(33-22)37-5)20-17(24(26,27)28)11(2)9-15(29)31-20;8-6-4-7-2-1-3-9(7)5-6/h6,9-10,12,14H,1,7-8H2,2-5H3,(H2,29,31);6-7H,1-5H2/t12-,14-;/m1./s1. The minimum absolute atomic E-state index is 0.152. The van der Waals surface area contributed by atoms with Gasteiger partial charge in [-0.2, -0.15) is 23.1 Å². The van der Waals surface area contributed by atoms with Crippen molar-refractivity contribution < 1.29 is 31.5 Å². The first-order valence-electron chi connectivity index (χ1n) is 15.0. The maximum Gasteiger partial charge on any atom is 0.418 e. The van der Waals surface area contributed by atoms with Crippen LogP contribution in [0, 0.1) is 12.7 Å². The average Bonchev–Trinajstić information content (AvgIpc) is 3.70. The summed E-state index contributed by atoms with van der Waals surface area (Å²) in [5.74, 6) is -1.30. The Kier molecular flexibility index (Phi) is 9.34. The van der Waals surface area contributed by atoms with Crippen molar-refractivity contribution in [3.05, 3.63) is 41.9 Å². The zero-order chi connectivity index (χ0) is 33.5. The van der Waals surface area contributed by atoms with E-state index in [1.807, 2.05) is 6.92 Å². The molecule has 3 saturated heterocycles. The van der Waals surface area contributed by atoms with Crippen molar-refractivity contribution in [3.63, 3.8) is 0 Å². The Labute approximate surface area is 263 Å². The number of ether oxygens (including phenoxy) is 1. The maximum absolute atomic E-state index is 15.9. The lowest BCUT2D eigenvalue weighted by molar-refractivity contribution is -0.137. The van der Waals surface area contributed by atoms with Gasteiger partial charge >= 0.3 is 12.2 Å². The number of hydrogen-bond acceptors (Lipinski definition) is 9. The molecule has 0 aromatic carbocycles. The van der Waals surface area contributed by atoms with Crippen LogP contribution in [0.2, 0.25) is 0 Å². The Morgan fingerprint density at radius 1 is 1.20 bits per heavy atom. The quantitative estimate of drug-likeness (QED) is 0.303. The molecule has 6 rings (SSSR count). The third kappa shape index (κ3) is 6.29. The fourth-order valence-electron chi connectivity index (χ4n) is 6.83. The molecule has 3 aromatic heterocycles. The number of rotatable bonds is 5. The molecule has 6 heterocycles. The summed E-state index contributed by atoms with van der Waals surface area (Å²) in [7, 11) is 3.01. The zero-order valence-corrected chi connectivity index (χ0v) is 26.1. The van der Waals surface area contributed by atoms with E-state index in [-0.39, 0.29) is 52.1 Å². The molecule has 0 bridgehead atoms. The van der Waals surface area contributed by atoms with Crippen LogP contribution in [0.3, 0.4) is 0 Å². The van der Waals surface area contributed by atoms with Gasteiger partial charge in [0.25, 0.3) is 0 Å². The van der Waals surface area contributed by atoms with Crippen LogP contribution in [0.4, 0.5) is 33.6 Å². The number of hydrogen-bond donors (Lipinski definition) is 1. The molecule has 0 saturated carbocycles.